The van der Waals surface area contributed by atoms with Crippen LogP contribution in [0.5, 0.6) is 11.5 Å². The summed E-state index contributed by atoms with van der Waals surface area (Å²) in [5, 5.41) is 12.6. The molecular formula is C18H31ClN4O6S. The number of sulfonamides is 1. The summed E-state index contributed by atoms with van der Waals surface area (Å²) in [5.74, 6) is -0.208. The van der Waals surface area contributed by atoms with Gasteiger partial charge in [-0.25, -0.2) is 13.2 Å². The van der Waals surface area contributed by atoms with E-state index in [-0.39, 0.29) is 41.0 Å². The van der Waals surface area contributed by atoms with E-state index < -0.39 is 16.1 Å². The maximum Gasteiger partial charge on any atom is 0.411 e. The Bertz CT molecular complexity index is 828. The Morgan fingerprint density at radius 1 is 1.23 bits per heavy atom. The van der Waals surface area contributed by atoms with Crippen LogP contribution >= 0.6 is 0 Å². The fourth-order valence-corrected chi connectivity index (χ4v) is 4.31. The topological polar surface area (TPSA) is 117 Å². The number of aromatic hydroxyl groups is 1. The second-order valence-electron chi connectivity index (χ2n) is 7.55. The number of nitrogens with one attached hydrogen (secondary N) is 2. The van der Waals surface area contributed by atoms with Gasteiger partial charge in [0.15, 0.2) is 0 Å². The van der Waals surface area contributed by atoms with Gasteiger partial charge in [0.2, 0.25) is 10.0 Å². The van der Waals surface area contributed by atoms with Crippen molar-refractivity contribution in [3.63, 3.8) is 0 Å². The second-order valence-corrected chi connectivity index (χ2v) is 9.40. The van der Waals surface area contributed by atoms with Gasteiger partial charge < -0.3 is 31.5 Å². The summed E-state index contributed by atoms with van der Waals surface area (Å²) in [6, 6.07) is 2.51. The Morgan fingerprint density at radius 2 is 1.87 bits per heavy atom. The molecule has 30 heavy (non-hydrogen) atoms. The molecule has 0 spiro atoms. The highest BCUT2D eigenvalue weighted by molar-refractivity contribution is 7.92. The lowest BCUT2D eigenvalue weighted by atomic mass is 10.2. The number of rotatable bonds is 8. The van der Waals surface area contributed by atoms with E-state index in [0.29, 0.717) is 6.42 Å². The molecule has 0 bridgehead atoms. The Morgan fingerprint density at radius 3 is 2.43 bits per heavy atom. The SMILES string of the molecule is COC(=O)Nc1cc(O)c(NS(=O)(=O)CCC[N+]2(C)CCN(C)CC2)cc1OC.[Cl-]. The van der Waals surface area contributed by atoms with E-state index in [4.69, 9.17) is 4.74 Å². The molecule has 0 aliphatic carbocycles. The van der Waals surface area contributed by atoms with Crippen LogP contribution in [0.3, 0.4) is 0 Å². The first kappa shape index (κ1) is 26.1. The van der Waals surface area contributed by atoms with Gasteiger partial charge in [0.05, 0.1) is 58.0 Å². The molecule has 1 amide bonds. The van der Waals surface area contributed by atoms with Gasteiger partial charge in [-0.15, -0.1) is 0 Å². The summed E-state index contributed by atoms with van der Waals surface area (Å²) in [5.41, 5.74) is 0.143. The normalized spacial score (nSPS) is 16.3. The number of nitrogens with zero attached hydrogens (tertiary/aromatic N) is 2. The van der Waals surface area contributed by atoms with Crippen molar-refractivity contribution in [3.05, 3.63) is 12.1 Å². The average Bonchev–Trinajstić information content (AvgIpc) is 2.66. The molecule has 10 nitrogen and oxygen atoms in total. The zero-order valence-corrected chi connectivity index (χ0v) is 19.3. The lowest BCUT2D eigenvalue weighted by Crippen LogP contribution is -3.00. The first-order valence-electron chi connectivity index (χ1n) is 9.36. The number of anilines is 2. The number of halogens is 1. The summed E-state index contributed by atoms with van der Waals surface area (Å²) in [6.07, 6.45) is -0.230. The molecule has 1 saturated heterocycles. The molecule has 172 valence electrons. The standard InChI is InChI=1S/C18H30N4O6S.ClH/c1-21-6-9-22(2,10-7-21)8-5-11-29(25,26)20-14-13-17(27-3)15(12-16(14)23)19-18(24)28-4;/h12-13,20H,5-11H2,1-4H3,(H-,19,23,24);1H. The number of hydrogen-bond donors (Lipinski definition) is 3. The van der Waals surface area contributed by atoms with Gasteiger partial charge in [-0.05, 0) is 7.05 Å². The number of phenols is 1. The van der Waals surface area contributed by atoms with Crippen molar-refractivity contribution in [3.8, 4) is 11.5 Å². The van der Waals surface area contributed by atoms with Crippen molar-refractivity contribution in [1.82, 2.24) is 4.90 Å². The van der Waals surface area contributed by atoms with Gasteiger partial charge in [0, 0.05) is 31.6 Å². The Hall–Kier alpha value is -1.95. The van der Waals surface area contributed by atoms with Gasteiger partial charge in [0.25, 0.3) is 0 Å². The summed E-state index contributed by atoms with van der Waals surface area (Å²) >= 11 is 0. The summed E-state index contributed by atoms with van der Waals surface area (Å²) in [7, 11) is 3.15. The van der Waals surface area contributed by atoms with Crippen LogP contribution in [0.15, 0.2) is 12.1 Å². The number of ether oxygens (including phenoxy) is 2. The van der Waals surface area contributed by atoms with E-state index in [1.54, 1.807) is 0 Å². The third-order valence-corrected chi connectivity index (χ3v) is 6.52. The van der Waals surface area contributed by atoms with Crippen LogP contribution in [0.2, 0.25) is 0 Å². The molecule has 12 heteroatoms. The molecular weight excluding hydrogens is 436 g/mol. The maximum atomic E-state index is 12.5. The fraction of sp³-hybridized carbons (Fsp3) is 0.611. The molecule has 0 atom stereocenters. The van der Waals surface area contributed by atoms with Gasteiger partial charge in [-0.2, -0.15) is 0 Å². The number of phenolic OH excluding ortho intramolecular Hbond substituents is 1. The molecule has 1 aliphatic heterocycles. The van der Waals surface area contributed by atoms with Crippen LogP contribution in [-0.2, 0) is 14.8 Å². The molecule has 1 heterocycles. The first-order chi connectivity index (χ1) is 13.6. The van der Waals surface area contributed by atoms with E-state index in [0.717, 1.165) is 37.2 Å². The van der Waals surface area contributed by atoms with Crippen LogP contribution in [0.25, 0.3) is 0 Å². The van der Waals surface area contributed by atoms with Crippen molar-refractivity contribution in [2.24, 2.45) is 0 Å². The minimum atomic E-state index is -3.66. The molecule has 2 rings (SSSR count). The van der Waals surface area contributed by atoms with Crippen molar-refractivity contribution < 1.29 is 44.7 Å². The number of methoxy groups -OCH3 is 2. The molecule has 3 N–H and O–H groups in total. The predicted molar refractivity (Wildman–Crippen MR) is 111 cm³/mol. The number of piperazine rings is 1. The van der Waals surface area contributed by atoms with E-state index in [2.05, 4.69) is 33.8 Å². The van der Waals surface area contributed by atoms with Crippen LogP contribution in [0.1, 0.15) is 6.42 Å². The minimum Gasteiger partial charge on any atom is -1.00 e. The molecule has 1 aromatic carbocycles. The Balaban J connectivity index is 0.00000450. The van der Waals surface area contributed by atoms with Gasteiger partial charge in [-0.3, -0.25) is 14.9 Å². The van der Waals surface area contributed by atoms with E-state index in [1.165, 1.54) is 26.4 Å². The van der Waals surface area contributed by atoms with E-state index >= 15 is 0 Å². The highest BCUT2D eigenvalue weighted by Gasteiger charge is 2.27. The number of likely N-dealkylation sites (N-methyl/N-ethyl adjacent to an activating group) is 2. The molecule has 0 aromatic heterocycles. The highest BCUT2D eigenvalue weighted by Crippen LogP contribution is 2.36. The zero-order valence-electron chi connectivity index (χ0n) is 17.8. The van der Waals surface area contributed by atoms with Gasteiger partial charge in [-0.1, -0.05) is 0 Å². The highest BCUT2D eigenvalue weighted by atomic mass is 35.5. The maximum absolute atomic E-state index is 12.5. The number of amides is 1. The molecule has 0 saturated carbocycles. The molecule has 0 unspecified atom stereocenters. The van der Waals surface area contributed by atoms with Crippen molar-refractivity contribution >= 4 is 27.5 Å². The van der Waals surface area contributed by atoms with Crippen LogP contribution in [0, 0.1) is 0 Å². The predicted octanol–water partition coefficient (Wildman–Crippen LogP) is -1.89. The third-order valence-electron chi connectivity index (χ3n) is 5.16. The second kappa shape index (κ2) is 10.9. The number of quaternary nitrogens is 1. The molecule has 1 fully saturated rings. The molecule has 1 aromatic rings. The number of carbonyl (C=O) groups is 1. The lowest BCUT2D eigenvalue weighted by Gasteiger charge is -2.41. The smallest absolute Gasteiger partial charge is 0.411 e. The zero-order chi connectivity index (χ0) is 21.7. The van der Waals surface area contributed by atoms with Crippen molar-refractivity contribution in [2.45, 2.75) is 6.42 Å². The van der Waals surface area contributed by atoms with Crippen LogP contribution in [0.4, 0.5) is 16.2 Å². The van der Waals surface area contributed by atoms with Crippen molar-refractivity contribution in [2.75, 3.05) is 76.8 Å². The number of benzene rings is 1. The first-order valence-corrected chi connectivity index (χ1v) is 11.0. The van der Waals surface area contributed by atoms with Gasteiger partial charge >= 0.3 is 6.09 Å². The average molecular weight is 467 g/mol. The molecule has 0 radical (unpaired) electrons. The quantitative estimate of drug-likeness (QED) is 0.303. The molecule has 1 aliphatic rings. The van der Waals surface area contributed by atoms with Crippen LogP contribution < -0.4 is 27.2 Å². The third kappa shape index (κ3) is 7.38. The minimum absolute atomic E-state index is 0. The van der Waals surface area contributed by atoms with Crippen LogP contribution in [-0.4, -0.2) is 95.8 Å². The summed E-state index contributed by atoms with van der Waals surface area (Å²) in [4.78, 5) is 13.7. The van der Waals surface area contributed by atoms with E-state index in [1.807, 2.05) is 0 Å². The van der Waals surface area contributed by atoms with Gasteiger partial charge in [0.1, 0.15) is 11.5 Å². The summed E-state index contributed by atoms with van der Waals surface area (Å²) in [6.45, 7) is 4.77. The van der Waals surface area contributed by atoms with E-state index in [9.17, 15) is 18.3 Å². The Kier molecular flexibility index (Phi) is 9.47. The Labute approximate surface area is 184 Å². The monoisotopic (exact) mass is 466 g/mol. The summed E-state index contributed by atoms with van der Waals surface area (Å²) < 4.78 is 37.9. The largest absolute Gasteiger partial charge is 1.00 e. The van der Waals surface area contributed by atoms with Crippen molar-refractivity contribution in [1.29, 1.82) is 0 Å². The number of carbonyl (C=O) groups excluding carboxylic acids is 1. The lowest BCUT2D eigenvalue weighted by molar-refractivity contribution is -0.913. The number of hydrogen-bond acceptors (Lipinski definition) is 7. The fourth-order valence-electron chi connectivity index (χ4n) is 3.20.